The Balaban J connectivity index is 2.77. The van der Waals surface area contributed by atoms with Crippen molar-refractivity contribution in [3.05, 3.63) is 11.6 Å². The first-order chi connectivity index (χ1) is 6.85. The second-order valence-electron chi connectivity index (χ2n) is 5.70. The van der Waals surface area contributed by atoms with Gasteiger partial charge in [0.15, 0.2) is 0 Å². The molecule has 15 heavy (non-hydrogen) atoms. The van der Waals surface area contributed by atoms with Crippen LogP contribution in [0.25, 0.3) is 0 Å². The summed E-state index contributed by atoms with van der Waals surface area (Å²) in [6.45, 7) is 10.9. The molecule has 0 amide bonds. The summed E-state index contributed by atoms with van der Waals surface area (Å²) in [7, 11) is 0. The van der Waals surface area contributed by atoms with Gasteiger partial charge < -0.3 is 4.79 Å². The maximum Gasteiger partial charge on any atom is 0.129 e. The van der Waals surface area contributed by atoms with Gasteiger partial charge in [-0.1, -0.05) is 32.4 Å². The normalized spacial score (nSPS) is 29.8. The number of Topliss-reactive ketones (excluding diaryl/α,β-unsaturated/α-hetero) is 1. The molecule has 0 saturated carbocycles. The molecule has 0 aromatic heterocycles. The molecular formula is C14H24O. The highest BCUT2D eigenvalue weighted by Crippen LogP contribution is 2.46. The van der Waals surface area contributed by atoms with Crippen molar-refractivity contribution in [3.8, 4) is 0 Å². The van der Waals surface area contributed by atoms with Crippen LogP contribution in [0.1, 0.15) is 53.9 Å². The Morgan fingerprint density at radius 3 is 2.67 bits per heavy atom. The van der Waals surface area contributed by atoms with Crippen LogP contribution in [0.5, 0.6) is 0 Å². The molecule has 0 radical (unpaired) electrons. The zero-order valence-corrected chi connectivity index (χ0v) is 10.8. The third kappa shape index (κ3) is 2.70. The third-order valence-corrected chi connectivity index (χ3v) is 4.30. The molecule has 0 fully saturated rings. The van der Waals surface area contributed by atoms with E-state index >= 15 is 0 Å². The van der Waals surface area contributed by atoms with E-state index in [4.69, 9.17) is 0 Å². The number of hydrogen-bond acceptors (Lipinski definition) is 1. The van der Waals surface area contributed by atoms with Crippen LogP contribution in [-0.4, -0.2) is 5.78 Å². The highest BCUT2D eigenvalue weighted by Gasteiger charge is 2.37. The zero-order valence-electron chi connectivity index (χ0n) is 10.8. The van der Waals surface area contributed by atoms with Crippen molar-refractivity contribution in [3.63, 3.8) is 0 Å². The van der Waals surface area contributed by atoms with Crippen molar-refractivity contribution < 1.29 is 4.79 Å². The molecule has 1 heteroatoms. The molecule has 0 bridgehead atoms. The first kappa shape index (κ1) is 12.5. The Bertz CT molecular complexity index is 273. The van der Waals surface area contributed by atoms with Crippen molar-refractivity contribution in [2.24, 2.45) is 17.3 Å². The summed E-state index contributed by atoms with van der Waals surface area (Å²) in [5, 5.41) is 0. The molecule has 0 aromatic rings. The topological polar surface area (TPSA) is 17.1 Å². The maximum atomic E-state index is 11.1. The zero-order chi connectivity index (χ0) is 11.6. The minimum atomic E-state index is 0.317. The minimum absolute atomic E-state index is 0.317. The Kier molecular flexibility index (Phi) is 3.75. The average Bonchev–Trinajstić information content (AvgIpc) is 2.11. The van der Waals surface area contributed by atoms with Gasteiger partial charge in [0.05, 0.1) is 0 Å². The van der Waals surface area contributed by atoms with E-state index in [1.54, 1.807) is 6.92 Å². The van der Waals surface area contributed by atoms with Gasteiger partial charge in [-0.25, -0.2) is 0 Å². The van der Waals surface area contributed by atoms with Crippen molar-refractivity contribution in [1.82, 2.24) is 0 Å². The first-order valence-corrected chi connectivity index (χ1v) is 6.01. The van der Waals surface area contributed by atoms with Crippen molar-refractivity contribution in [2.45, 2.75) is 53.9 Å². The van der Waals surface area contributed by atoms with E-state index < -0.39 is 0 Å². The largest absolute Gasteiger partial charge is 0.300 e. The fourth-order valence-corrected chi connectivity index (χ4v) is 2.69. The van der Waals surface area contributed by atoms with Gasteiger partial charge in [0.2, 0.25) is 0 Å². The van der Waals surface area contributed by atoms with Crippen LogP contribution < -0.4 is 0 Å². The standard InChI is InChI=1S/C14H24O/c1-10-6-7-11(2)14(4,5)13(10)9-8-12(3)15/h6,11,13H,7-9H2,1-5H3/t11-,13+/m1/s1. The molecule has 1 aliphatic rings. The molecule has 0 saturated heterocycles. The molecule has 0 heterocycles. The summed E-state index contributed by atoms with van der Waals surface area (Å²) >= 11 is 0. The maximum absolute atomic E-state index is 11.1. The molecule has 0 N–H and O–H groups in total. The molecular weight excluding hydrogens is 184 g/mol. The van der Waals surface area contributed by atoms with Crippen molar-refractivity contribution >= 4 is 5.78 Å². The molecule has 1 rings (SSSR count). The second kappa shape index (κ2) is 4.51. The third-order valence-electron chi connectivity index (χ3n) is 4.30. The number of carbonyl (C=O) groups excluding carboxylic acids is 1. The highest BCUT2D eigenvalue weighted by atomic mass is 16.1. The van der Waals surface area contributed by atoms with Crippen LogP contribution in [0.4, 0.5) is 0 Å². The molecule has 86 valence electrons. The van der Waals surface area contributed by atoms with E-state index in [9.17, 15) is 4.79 Å². The van der Waals surface area contributed by atoms with E-state index in [-0.39, 0.29) is 0 Å². The summed E-state index contributed by atoms with van der Waals surface area (Å²) in [4.78, 5) is 11.1. The van der Waals surface area contributed by atoms with Crippen LogP contribution in [-0.2, 0) is 4.79 Å². The van der Waals surface area contributed by atoms with Crippen LogP contribution >= 0.6 is 0 Å². The summed E-state index contributed by atoms with van der Waals surface area (Å²) in [5.74, 6) is 1.63. The molecule has 0 spiro atoms. The Labute approximate surface area is 93.9 Å². The number of ketones is 1. The summed E-state index contributed by atoms with van der Waals surface area (Å²) in [5.41, 5.74) is 1.83. The minimum Gasteiger partial charge on any atom is -0.300 e. The first-order valence-electron chi connectivity index (χ1n) is 6.01. The molecule has 2 atom stereocenters. The number of rotatable bonds is 3. The van der Waals surface area contributed by atoms with Gasteiger partial charge in [-0.3, -0.25) is 0 Å². The van der Waals surface area contributed by atoms with Crippen molar-refractivity contribution in [2.75, 3.05) is 0 Å². The highest BCUT2D eigenvalue weighted by molar-refractivity contribution is 5.75. The van der Waals surface area contributed by atoms with Crippen LogP contribution in [0.2, 0.25) is 0 Å². The van der Waals surface area contributed by atoms with Crippen LogP contribution in [0.3, 0.4) is 0 Å². The lowest BCUT2D eigenvalue weighted by Crippen LogP contribution is -2.34. The predicted molar refractivity (Wildman–Crippen MR) is 64.7 cm³/mol. The molecule has 0 unspecified atom stereocenters. The molecule has 0 aliphatic heterocycles. The van der Waals surface area contributed by atoms with E-state index in [2.05, 4.69) is 33.8 Å². The lowest BCUT2D eigenvalue weighted by atomic mass is 9.62. The fourth-order valence-electron chi connectivity index (χ4n) is 2.69. The van der Waals surface area contributed by atoms with Gasteiger partial charge in [0.1, 0.15) is 5.78 Å². The van der Waals surface area contributed by atoms with Crippen LogP contribution in [0, 0.1) is 17.3 Å². The van der Waals surface area contributed by atoms with Crippen molar-refractivity contribution in [1.29, 1.82) is 0 Å². The van der Waals surface area contributed by atoms with E-state index in [0.29, 0.717) is 17.1 Å². The lowest BCUT2D eigenvalue weighted by Gasteiger charge is -2.43. The Morgan fingerprint density at radius 1 is 1.53 bits per heavy atom. The summed E-state index contributed by atoms with van der Waals surface area (Å²) in [6, 6.07) is 0. The number of allylic oxidation sites excluding steroid dienone is 2. The summed E-state index contributed by atoms with van der Waals surface area (Å²) in [6.07, 6.45) is 5.30. The average molecular weight is 208 g/mol. The Hall–Kier alpha value is -0.590. The van der Waals surface area contributed by atoms with Gasteiger partial charge >= 0.3 is 0 Å². The van der Waals surface area contributed by atoms with E-state index in [1.807, 2.05) is 0 Å². The van der Waals surface area contributed by atoms with Gasteiger partial charge in [-0.05, 0) is 43.9 Å². The lowest BCUT2D eigenvalue weighted by molar-refractivity contribution is -0.117. The summed E-state index contributed by atoms with van der Waals surface area (Å²) < 4.78 is 0. The molecule has 0 aromatic carbocycles. The van der Waals surface area contributed by atoms with Gasteiger partial charge in [0, 0.05) is 6.42 Å². The predicted octanol–water partition coefficient (Wildman–Crippen LogP) is 3.98. The number of hydrogen-bond donors (Lipinski definition) is 0. The van der Waals surface area contributed by atoms with Gasteiger partial charge in [-0.2, -0.15) is 0 Å². The van der Waals surface area contributed by atoms with E-state index in [0.717, 1.165) is 18.8 Å². The second-order valence-corrected chi connectivity index (χ2v) is 5.70. The van der Waals surface area contributed by atoms with E-state index in [1.165, 1.54) is 12.0 Å². The quantitative estimate of drug-likeness (QED) is 0.641. The monoisotopic (exact) mass is 208 g/mol. The van der Waals surface area contributed by atoms with Gasteiger partial charge in [-0.15, -0.1) is 0 Å². The Morgan fingerprint density at radius 2 is 2.13 bits per heavy atom. The molecule has 1 aliphatic carbocycles. The van der Waals surface area contributed by atoms with Gasteiger partial charge in [0.25, 0.3) is 0 Å². The fraction of sp³-hybridized carbons (Fsp3) is 0.786. The van der Waals surface area contributed by atoms with Crippen LogP contribution in [0.15, 0.2) is 11.6 Å². The SMILES string of the molecule is CC(=O)CC[C@H]1C(C)=CC[C@@H](C)C1(C)C. The number of carbonyl (C=O) groups is 1. The molecule has 1 nitrogen and oxygen atoms in total. The smallest absolute Gasteiger partial charge is 0.129 e.